The topological polar surface area (TPSA) is 69.8 Å². The summed E-state index contributed by atoms with van der Waals surface area (Å²) >= 11 is 0. The number of aromatic amines is 1. The van der Waals surface area contributed by atoms with Gasteiger partial charge in [-0.2, -0.15) is 5.10 Å². The predicted molar refractivity (Wildman–Crippen MR) is 58.6 cm³/mol. The van der Waals surface area contributed by atoms with Gasteiger partial charge in [0.1, 0.15) is 0 Å². The van der Waals surface area contributed by atoms with Crippen molar-refractivity contribution < 1.29 is 4.79 Å². The molecule has 3 N–H and O–H groups in total. The SMILES string of the molecule is CCCNC(=O)NCc1c(C)n[nH]c1C. The normalized spacial score (nSPS) is 10.1. The molecule has 0 aliphatic heterocycles. The van der Waals surface area contributed by atoms with Gasteiger partial charge in [0, 0.05) is 24.3 Å². The van der Waals surface area contributed by atoms with Gasteiger partial charge in [0.15, 0.2) is 0 Å². The van der Waals surface area contributed by atoms with Crippen molar-refractivity contribution in [2.75, 3.05) is 6.54 Å². The number of carbonyl (C=O) groups excluding carboxylic acids is 1. The predicted octanol–water partition coefficient (Wildman–Crippen LogP) is 1.24. The van der Waals surface area contributed by atoms with Crippen molar-refractivity contribution in [3.63, 3.8) is 0 Å². The van der Waals surface area contributed by atoms with Crippen LogP contribution in [0.2, 0.25) is 0 Å². The highest BCUT2D eigenvalue weighted by Gasteiger charge is 2.07. The van der Waals surface area contributed by atoms with Gasteiger partial charge in [-0.1, -0.05) is 6.92 Å². The van der Waals surface area contributed by atoms with E-state index in [1.54, 1.807) is 0 Å². The van der Waals surface area contributed by atoms with E-state index in [2.05, 4.69) is 20.8 Å². The first-order chi connectivity index (χ1) is 7.15. The Labute approximate surface area is 89.6 Å². The first-order valence-corrected chi connectivity index (χ1v) is 5.17. The van der Waals surface area contributed by atoms with Crippen LogP contribution in [0.15, 0.2) is 0 Å². The maximum Gasteiger partial charge on any atom is 0.315 e. The molecule has 5 nitrogen and oxygen atoms in total. The Morgan fingerprint density at radius 1 is 1.40 bits per heavy atom. The summed E-state index contributed by atoms with van der Waals surface area (Å²) in [7, 11) is 0. The molecule has 1 aromatic rings. The van der Waals surface area contributed by atoms with Gasteiger partial charge in [-0.05, 0) is 20.3 Å². The van der Waals surface area contributed by atoms with Crippen LogP contribution in [-0.2, 0) is 6.54 Å². The maximum absolute atomic E-state index is 11.3. The van der Waals surface area contributed by atoms with E-state index in [0.717, 1.165) is 23.4 Å². The van der Waals surface area contributed by atoms with Gasteiger partial charge in [0.25, 0.3) is 0 Å². The van der Waals surface area contributed by atoms with E-state index in [0.29, 0.717) is 13.1 Å². The van der Waals surface area contributed by atoms with Gasteiger partial charge in [-0.15, -0.1) is 0 Å². The van der Waals surface area contributed by atoms with Crippen LogP contribution in [0, 0.1) is 13.8 Å². The molecule has 0 saturated heterocycles. The Kier molecular flexibility index (Phi) is 4.15. The Hall–Kier alpha value is -1.52. The molecule has 0 spiro atoms. The zero-order valence-corrected chi connectivity index (χ0v) is 9.48. The van der Waals surface area contributed by atoms with Crippen molar-refractivity contribution in [1.29, 1.82) is 0 Å². The largest absolute Gasteiger partial charge is 0.338 e. The van der Waals surface area contributed by atoms with Crippen molar-refractivity contribution in [1.82, 2.24) is 20.8 Å². The van der Waals surface area contributed by atoms with Crippen LogP contribution < -0.4 is 10.6 Å². The fourth-order valence-electron chi connectivity index (χ4n) is 1.30. The monoisotopic (exact) mass is 210 g/mol. The van der Waals surface area contributed by atoms with Gasteiger partial charge in [-0.25, -0.2) is 4.79 Å². The van der Waals surface area contributed by atoms with Gasteiger partial charge in [0.2, 0.25) is 0 Å². The summed E-state index contributed by atoms with van der Waals surface area (Å²) in [4.78, 5) is 11.3. The van der Waals surface area contributed by atoms with Gasteiger partial charge in [0.05, 0.1) is 5.69 Å². The van der Waals surface area contributed by atoms with E-state index in [-0.39, 0.29) is 6.03 Å². The third kappa shape index (κ3) is 3.27. The Morgan fingerprint density at radius 3 is 2.67 bits per heavy atom. The molecule has 84 valence electrons. The molecule has 1 aromatic heterocycles. The molecule has 0 radical (unpaired) electrons. The number of nitrogens with one attached hydrogen (secondary N) is 3. The van der Waals surface area contributed by atoms with Crippen molar-refractivity contribution >= 4 is 6.03 Å². The number of carbonyl (C=O) groups is 1. The molecule has 0 aliphatic rings. The van der Waals surface area contributed by atoms with Crippen molar-refractivity contribution in [3.05, 3.63) is 17.0 Å². The number of aryl methyl sites for hydroxylation is 2. The van der Waals surface area contributed by atoms with Gasteiger partial charge in [-0.3, -0.25) is 5.10 Å². The van der Waals surface area contributed by atoms with Crippen LogP contribution in [0.3, 0.4) is 0 Å². The van der Waals surface area contributed by atoms with Crippen LogP contribution in [0.25, 0.3) is 0 Å². The molecule has 0 aliphatic carbocycles. The molecule has 2 amide bonds. The lowest BCUT2D eigenvalue weighted by Gasteiger charge is -2.06. The highest BCUT2D eigenvalue weighted by atomic mass is 16.2. The summed E-state index contributed by atoms with van der Waals surface area (Å²) in [5, 5.41) is 12.5. The molecule has 1 heterocycles. The van der Waals surface area contributed by atoms with Crippen molar-refractivity contribution in [2.45, 2.75) is 33.7 Å². The second-order valence-electron chi connectivity index (χ2n) is 3.52. The van der Waals surface area contributed by atoms with Crippen molar-refractivity contribution in [3.8, 4) is 0 Å². The average molecular weight is 210 g/mol. The van der Waals surface area contributed by atoms with Gasteiger partial charge >= 0.3 is 6.03 Å². The van der Waals surface area contributed by atoms with Crippen LogP contribution in [0.5, 0.6) is 0 Å². The van der Waals surface area contributed by atoms with E-state index < -0.39 is 0 Å². The minimum Gasteiger partial charge on any atom is -0.338 e. The highest BCUT2D eigenvalue weighted by Crippen LogP contribution is 2.07. The van der Waals surface area contributed by atoms with Crippen LogP contribution in [0.1, 0.15) is 30.3 Å². The number of nitrogens with zero attached hydrogens (tertiary/aromatic N) is 1. The zero-order chi connectivity index (χ0) is 11.3. The first-order valence-electron chi connectivity index (χ1n) is 5.17. The lowest BCUT2D eigenvalue weighted by Crippen LogP contribution is -2.35. The molecule has 0 bridgehead atoms. The number of hydrogen-bond donors (Lipinski definition) is 3. The number of urea groups is 1. The number of H-pyrrole nitrogens is 1. The number of rotatable bonds is 4. The summed E-state index contributed by atoms with van der Waals surface area (Å²) < 4.78 is 0. The molecule has 15 heavy (non-hydrogen) atoms. The molecular weight excluding hydrogens is 192 g/mol. The van der Waals surface area contributed by atoms with Crippen molar-refractivity contribution in [2.24, 2.45) is 0 Å². The quantitative estimate of drug-likeness (QED) is 0.699. The minimum absolute atomic E-state index is 0.128. The van der Waals surface area contributed by atoms with E-state index in [9.17, 15) is 4.79 Å². The van der Waals surface area contributed by atoms with E-state index in [1.807, 2.05) is 20.8 Å². The highest BCUT2D eigenvalue weighted by molar-refractivity contribution is 5.73. The smallest absolute Gasteiger partial charge is 0.315 e. The summed E-state index contributed by atoms with van der Waals surface area (Å²) in [5.74, 6) is 0. The maximum atomic E-state index is 11.3. The number of aromatic nitrogens is 2. The molecule has 1 rings (SSSR count). The molecule has 0 unspecified atom stereocenters. The minimum atomic E-state index is -0.128. The average Bonchev–Trinajstić information content (AvgIpc) is 2.53. The molecule has 0 saturated carbocycles. The lowest BCUT2D eigenvalue weighted by atomic mass is 10.2. The molecule has 0 fully saturated rings. The zero-order valence-electron chi connectivity index (χ0n) is 9.48. The third-order valence-electron chi connectivity index (χ3n) is 2.24. The van der Waals surface area contributed by atoms with Crippen LogP contribution in [0.4, 0.5) is 4.79 Å². The van der Waals surface area contributed by atoms with E-state index in [1.165, 1.54) is 0 Å². The van der Waals surface area contributed by atoms with Gasteiger partial charge < -0.3 is 10.6 Å². The number of hydrogen-bond acceptors (Lipinski definition) is 2. The van der Waals surface area contributed by atoms with Crippen LogP contribution >= 0.6 is 0 Å². The number of amides is 2. The van der Waals surface area contributed by atoms with E-state index in [4.69, 9.17) is 0 Å². The summed E-state index contributed by atoms with van der Waals surface area (Å²) in [6.45, 7) is 7.11. The standard InChI is InChI=1S/C10H18N4O/c1-4-5-11-10(15)12-6-9-7(2)13-14-8(9)3/h4-6H2,1-3H3,(H,13,14)(H2,11,12,15). The Morgan fingerprint density at radius 2 is 2.13 bits per heavy atom. The summed E-state index contributed by atoms with van der Waals surface area (Å²) in [6, 6.07) is -0.128. The molecule has 0 aromatic carbocycles. The van der Waals surface area contributed by atoms with E-state index >= 15 is 0 Å². The second kappa shape index (κ2) is 5.38. The Bertz CT molecular complexity index is 313. The van der Waals surface area contributed by atoms with Crippen LogP contribution in [-0.4, -0.2) is 22.8 Å². The molecule has 0 atom stereocenters. The third-order valence-corrected chi connectivity index (χ3v) is 2.24. The fourth-order valence-corrected chi connectivity index (χ4v) is 1.30. The lowest BCUT2D eigenvalue weighted by molar-refractivity contribution is 0.240. The second-order valence-corrected chi connectivity index (χ2v) is 3.52. The summed E-state index contributed by atoms with van der Waals surface area (Å²) in [5.41, 5.74) is 2.99. The fraction of sp³-hybridized carbons (Fsp3) is 0.600. The first kappa shape index (κ1) is 11.6. The Balaban J connectivity index is 2.40. The molecule has 5 heteroatoms. The molecular formula is C10H18N4O. The summed E-state index contributed by atoms with van der Waals surface area (Å²) in [6.07, 6.45) is 0.942.